The Morgan fingerprint density at radius 3 is 2.26 bits per heavy atom. The molecule has 0 N–H and O–H groups in total. The van der Waals surface area contributed by atoms with Gasteiger partial charge >= 0.3 is 0 Å². The number of benzene rings is 1. The Kier molecular flexibility index (Phi) is 4.25. The molecule has 1 atom stereocenters. The van der Waals surface area contributed by atoms with Gasteiger partial charge in [0.1, 0.15) is 11.7 Å². The standard InChI is InChI=1S/C16H17N3/c1-12(2)10-13-4-6-14(7-5-13)15(11-17)16-18-8-3-9-19-16/h3-9,12,15H,10H2,1-2H3. The zero-order valence-electron chi connectivity index (χ0n) is 11.2. The number of nitrogens with zero attached hydrogens (tertiary/aromatic N) is 3. The van der Waals surface area contributed by atoms with Gasteiger partial charge in [0.15, 0.2) is 0 Å². The van der Waals surface area contributed by atoms with Crippen LogP contribution in [0.1, 0.15) is 36.7 Å². The molecule has 1 aromatic carbocycles. The lowest BCUT2D eigenvalue weighted by molar-refractivity contribution is 0.647. The molecule has 2 rings (SSSR count). The van der Waals surface area contributed by atoms with Gasteiger partial charge in [0.25, 0.3) is 0 Å². The van der Waals surface area contributed by atoms with Gasteiger partial charge in [-0.15, -0.1) is 0 Å². The topological polar surface area (TPSA) is 49.6 Å². The van der Waals surface area contributed by atoms with Crippen molar-refractivity contribution in [1.82, 2.24) is 9.97 Å². The molecule has 0 bridgehead atoms. The van der Waals surface area contributed by atoms with Crippen molar-refractivity contribution in [2.75, 3.05) is 0 Å². The molecule has 0 saturated carbocycles. The fourth-order valence-electron chi connectivity index (χ4n) is 2.06. The molecule has 0 amide bonds. The van der Waals surface area contributed by atoms with E-state index in [1.54, 1.807) is 18.5 Å². The summed E-state index contributed by atoms with van der Waals surface area (Å²) in [6.45, 7) is 4.40. The number of hydrogen-bond acceptors (Lipinski definition) is 3. The van der Waals surface area contributed by atoms with Gasteiger partial charge in [0.2, 0.25) is 0 Å². The first kappa shape index (κ1) is 13.2. The van der Waals surface area contributed by atoms with Crippen LogP contribution in [0.25, 0.3) is 0 Å². The third kappa shape index (κ3) is 3.38. The third-order valence-electron chi connectivity index (χ3n) is 2.93. The quantitative estimate of drug-likeness (QED) is 0.837. The van der Waals surface area contributed by atoms with Crippen molar-refractivity contribution >= 4 is 0 Å². The summed E-state index contributed by atoms with van der Waals surface area (Å²) in [6, 6.07) is 12.2. The van der Waals surface area contributed by atoms with Crippen LogP contribution in [0.15, 0.2) is 42.7 Å². The van der Waals surface area contributed by atoms with Crippen molar-refractivity contribution in [3.8, 4) is 6.07 Å². The van der Waals surface area contributed by atoms with Gasteiger partial charge in [-0.05, 0) is 29.5 Å². The van der Waals surface area contributed by atoms with E-state index in [1.165, 1.54) is 5.56 Å². The molecule has 96 valence electrons. The zero-order valence-corrected chi connectivity index (χ0v) is 11.2. The van der Waals surface area contributed by atoms with Crippen molar-refractivity contribution in [2.45, 2.75) is 26.2 Å². The van der Waals surface area contributed by atoms with Crippen molar-refractivity contribution in [2.24, 2.45) is 5.92 Å². The zero-order chi connectivity index (χ0) is 13.7. The number of hydrogen-bond donors (Lipinski definition) is 0. The second-order valence-electron chi connectivity index (χ2n) is 5.01. The van der Waals surface area contributed by atoms with Gasteiger partial charge in [-0.3, -0.25) is 0 Å². The Hall–Kier alpha value is -2.21. The summed E-state index contributed by atoms with van der Waals surface area (Å²) in [5.74, 6) is 0.797. The minimum Gasteiger partial charge on any atom is -0.240 e. The van der Waals surface area contributed by atoms with Crippen LogP contribution in [0, 0.1) is 17.2 Å². The third-order valence-corrected chi connectivity index (χ3v) is 2.93. The number of aromatic nitrogens is 2. The van der Waals surface area contributed by atoms with Crippen LogP contribution in [-0.2, 0) is 6.42 Å². The van der Waals surface area contributed by atoms with Gasteiger partial charge in [-0.25, -0.2) is 9.97 Å². The molecule has 0 saturated heterocycles. The van der Waals surface area contributed by atoms with E-state index in [4.69, 9.17) is 0 Å². The average Bonchev–Trinajstić information content (AvgIpc) is 2.42. The molecule has 3 heteroatoms. The minimum absolute atomic E-state index is 0.394. The molecule has 1 aromatic heterocycles. The van der Waals surface area contributed by atoms with E-state index in [-0.39, 0.29) is 0 Å². The normalized spacial score (nSPS) is 12.1. The van der Waals surface area contributed by atoms with Crippen LogP contribution >= 0.6 is 0 Å². The van der Waals surface area contributed by atoms with E-state index >= 15 is 0 Å². The number of rotatable bonds is 4. The highest BCUT2D eigenvalue weighted by atomic mass is 14.9. The summed E-state index contributed by atoms with van der Waals surface area (Å²) in [5, 5.41) is 9.32. The summed E-state index contributed by atoms with van der Waals surface area (Å²) in [4.78, 5) is 8.33. The van der Waals surface area contributed by atoms with Crippen molar-refractivity contribution < 1.29 is 0 Å². The first-order valence-corrected chi connectivity index (χ1v) is 6.46. The lowest BCUT2D eigenvalue weighted by Gasteiger charge is -2.10. The summed E-state index contributed by atoms with van der Waals surface area (Å²) >= 11 is 0. The van der Waals surface area contributed by atoms with E-state index in [9.17, 15) is 5.26 Å². The Bertz CT molecular complexity index is 553. The van der Waals surface area contributed by atoms with Crippen LogP contribution in [0.4, 0.5) is 0 Å². The lowest BCUT2D eigenvalue weighted by atomic mass is 9.96. The molecule has 0 aliphatic carbocycles. The monoisotopic (exact) mass is 251 g/mol. The van der Waals surface area contributed by atoms with E-state index in [0.29, 0.717) is 11.7 Å². The average molecular weight is 251 g/mol. The molecule has 0 fully saturated rings. The number of nitriles is 1. The van der Waals surface area contributed by atoms with Crippen molar-refractivity contribution in [3.63, 3.8) is 0 Å². The van der Waals surface area contributed by atoms with Crippen LogP contribution < -0.4 is 0 Å². The Balaban J connectivity index is 2.23. The Labute approximate surface area is 114 Å². The molecule has 2 aromatic rings. The first-order valence-electron chi connectivity index (χ1n) is 6.46. The molecular formula is C16H17N3. The molecular weight excluding hydrogens is 234 g/mol. The minimum atomic E-state index is -0.394. The summed E-state index contributed by atoms with van der Waals surface area (Å²) in [6.07, 6.45) is 4.39. The van der Waals surface area contributed by atoms with Crippen LogP contribution in [0.5, 0.6) is 0 Å². The Morgan fingerprint density at radius 1 is 1.11 bits per heavy atom. The highest BCUT2D eigenvalue weighted by molar-refractivity contribution is 5.33. The fourth-order valence-corrected chi connectivity index (χ4v) is 2.06. The molecule has 0 radical (unpaired) electrons. The van der Waals surface area contributed by atoms with E-state index in [0.717, 1.165) is 12.0 Å². The highest BCUT2D eigenvalue weighted by Gasteiger charge is 2.15. The molecule has 0 aliphatic heterocycles. The van der Waals surface area contributed by atoms with Crippen molar-refractivity contribution in [3.05, 3.63) is 59.7 Å². The molecule has 0 aliphatic rings. The molecule has 19 heavy (non-hydrogen) atoms. The maximum absolute atomic E-state index is 9.32. The van der Waals surface area contributed by atoms with E-state index < -0.39 is 5.92 Å². The SMILES string of the molecule is CC(C)Cc1ccc(C(C#N)c2ncccn2)cc1. The van der Waals surface area contributed by atoms with Crippen LogP contribution in [0.3, 0.4) is 0 Å². The predicted molar refractivity (Wildman–Crippen MR) is 74.5 cm³/mol. The van der Waals surface area contributed by atoms with Crippen LogP contribution in [-0.4, -0.2) is 9.97 Å². The van der Waals surface area contributed by atoms with E-state index in [2.05, 4.69) is 42.0 Å². The smallest absolute Gasteiger partial charge is 0.149 e. The lowest BCUT2D eigenvalue weighted by Crippen LogP contribution is -2.03. The van der Waals surface area contributed by atoms with E-state index in [1.807, 2.05) is 12.1 Å². The fraction of sp³-hybridized carbons (Fsp3) is 0.312. The Morgan fingerprint density at radius 2 is 1.74 bits per heavy atom. The molecule has 1 unspecified atom stereocenters. The van der Waals surface area contributed by atoms with Gasteiger partial charge < -0.3 is 0 Å². The second-order valence-corrected chi connectivity index (χ2v) is 5.01. The first-order chi connectivity index (χ1) is 9.20. The molecule has 0 spiro atoms. The highest BCUT2D eigenvalue weighted by Crippen LogP contribution is 2.21. The predicted octanol–water partition coefficient (Wildman–Crippen LogP) is 3.33. The summed E-state index contributed by atoms with van der Waals surface area (Å²) < 4.78 is 0. The maximum Gasteiger partial charge on any atom is 0.149 e. The van der Waals surface area contributed by atoms with Gasteiger partial charge in [0.05, 0.1) is 6.07 Å². The second kappa shape index (κ2) is 6.10. The molecule has 3 nitrogen and oxygen atoms in total. The summed E-state index contributed by atoms with van der Waals surface area (Å²) in [5.41, 5.74) is 2.24. The molecule has 1 heterocycles. The van der Waals surface area contributed by atoms with Gasteiger partial charge in [-0.1, -0.05) is 38.1 Å². The maximum atomic E-state index is 9.32. The van der Waals surface area contributed by atoms with Gasteiger partial charge in [0, 0.05) is 12.4 Å². The van der Waals surface area contributed by atoms with Crippen LogP contribution in [0.2, 0.25) is 0 Å². The summed E-state index contributed by atoms with van der Waals surface area (Å²) in [7, 11) is 0. The van der Waals surface area contributed by atoms with Gasteiger partial charge in [-0.2, -0.15) is 5.26 Å². The largest absolute Gasteiger partial charge is 0.240 e. The van der Waals surface area contributed by atoms with Crippen molar-refractivity contribution in [1.29, 1.82) is 5.26 Å².